The molecule has 0 amide bonds. The van der Waals surface area contributed by atoms with Crippen LogP contribution in [0.15, 0.2) is 79.3 Å². The Labute approximate surface area is 175 Å². The van der Waals surface area contributed by atoms with Gasteiger partial charge in [-0.05, 0) is 48.0 Å². The van der Waals surface area contributed by atoms with Crippen LogP contribution in [0.2, 0.25) is 0 Å². The lowest BCUT2D eigenvalue weighted by molar-refractivity contribution is 0.628. The zero-order valence-corrected chi connectivity index (χ0v) is 16.2. The van der Waals surface area contributed by atoms with Gasteiger partial charge in [0.2, 0.25) is 0 Å². The van der Waals surface area contributed by atoms with Crippen molar-refractivity contribution in [2.75, 3.05) is 0 Å². The van der Waals surface area contributed by atoms with E-state index in [-0.39, 0.29) is 5.82 Å². The summed E-state index contributed by atoms with van der Waals surface area (Å²) in [5, 5.41) is 8.48. The molecule has 7 heteroatoms. The number of hydrogen-bond donors (Lipinski definition) is 2. The van der Waals surface area contributed by atoms with Gasteiger partial charge in [0.25, 0.3) is 0 Å². The first kappa shape index (κ1) is 17.5. The Morgan fingerprint density at radius 3 is 2.68 bits per heavy atom. The zero-order valence-electron chi connectivity index (χ0n) is 16.2. The second-order valence-corrected chi connectivity index (χ2v) is 7.22. The molecule has 0 radical (unpaired) electrons. The van der Waals surface area contributed by atoms with E-state index in [9.17, 15) is 4.39 Å². The number of benzene rings is 1. The van der Waals surface area contributed by atoms with Crippen LogP contribution in [0.4, 0.5) is 4.39 Å². The maximum atomic E-state index is 13.8. The second kappa shape index (κ2) is 6.84. The van der Waals surface area contributed by atoms with E-state index < -0.39 is 0 Å². The Morgan fingerprint density at radius 1 is 0.839 bits per heavy atom. The first-order valence-electron chi connectivity index (χ1n) is 9.76. The summed E-state index contributed by atoms with van der Waals surface area (Å²) in [4.78, 5) is 16.9. The smallest absolute Gasteiger partial charge is 0.135 e. The molecule has 0 atom stereocenters. The molecule has 1 aromatic carbocycles. The molecule has 2 N–H and O–H groups in total. The van der Waals surface area contributed by atoms with Crippen LogP contribution in [0, 0.1) is 5.82 Å². The fourth-order valence-corrected chi connectivity index (χ4v) is 3.81. The SMILES string of the molecule is Fc1cccc(-c2cncc3[nH]c(-c4n[nH]c5ccc(-c6ccccn6)nc45)cc23)c1. The van der Waals surface area contributed by atoms with Crippen molar-refractivity contribution in [1.82, 2.24) is 30.1 Å². The van der Waals surface area contributed by atoms with Gasteiger partial charge >= 0.3 is 0 Å². The molecule has 0 fully saturated rings. The Morgan fingerprint density at radius 2 is 1.81 bits per heavy atom. The highest BCUT2D eigenvalue weighted by Gasteiger charge is 2.16. The monoisotopic (exact) mass is 406 g/mol. The van der Waals surface area contributed by atoms with Crippen molar-refractivity contribution in [2.45, 2.75) is 0 Å². The van der Waals surface area contributed by atoms with Gasteiger partial charge in [-0.3, -0.25) is 15.1 Å². The first-order valence-corrected chi connectivity index (χ1v) is 9.76. The Bertz CT molecular complexity index is 1550. The average molecular weight is 406 g/mol. The van der Waals surface area contributed by atoms with Crippen molar-refractivity contribution in [3.63, 3.8) is 0 Å². The molecule has 0 bridgehead atoms. The van der Waals surface area contributed by atoms with Gasteiger partial charge < -0.3 is 4.98 Å². The molecule has 0 spiro atoms. The molecule has 0 aliphatic rings. The molecule has 6 aromatic rings. The molecule has 0 saturated heterocycles. The topological polar surface area (TPSA) is 83.1 Å². The molecule has 0 unspecified atom stereocenters. The number of rotatable bonds is 3. The maximum Gasteiger partial charge on any atom is 0.135 e. The zero-order chi connectivity index (χ0) is 20.8. The molecule has 148 valence electrons. The molecule has 5 aromatic heterocycles. The number of halogens is 1. The van der Waals surface area contributed by atoms with Gasteiger partial charge in [-0.2, -0.15) is 5.10 Å². The van der Waals surface area contributed by atoms with E-state index in [2.05, 4.69) is 25.1 Å². The summed E-state index contributed by atoms with van der Waals surface area (Å²) in [6.07, 6.45) is 5.24. The number of nitrogens with zero attached hydrogens (tertiary/aromatic N) is 4. The van der Waals surface area contributed by atoms with Crippen LogP contribution >= 0.6 is 0 Å². The molecule has 5 heterocycles. The van der Waals surface area contributed by atoms with E-state index in [1.807, 2.05) is 42.5 Å². The van der Waals surface area contributed by atoms with Crippen molar-refractivity contribution in [1.29, 1.82) is 0 Å². The van der Waals surface area contributed by atoms with Gasteiger partial charge in [0, 0.05) is 23.3 Å². The Kier molecular flexibility index (Phi) is 3.86. The molecule has 31 heavy (non-hydrogen) atoms. The van der Waals surface area contributed by atoms with Crippen LogP contribution in [-0.4, -0.2) is 30.1 Å². The normalized spacial score (nSPS) is 11.4. The van der Waals surface area contributed by atoms with Crippen LogP contribution < -0.4 is 0 Å². The molecule has 0 aliphatic carbocycles. The summed E-state index contributed by atoms with van der Waals surface area (Å²) < 4.78 is 13.8. The van der Waals surface area contributed by atoms with E-state index in [4.69, 9.17) is 4.98 Å². The van der Waals surface area contributed by atoms with Crippen LogP contribution in [0.3, 0.4) is 0 Å². The summed E-state index contributed by atoms with van der Waals surface area (Å²) >= 11 is 0. The minimum Gasteiger partial charge on any atom is -0.352 e. The number of fused-ring (bicyclic) bond motifs is 2. The predicted molar refractivity (Wildman–Crippen MR) is 118 cm³/mol. The van der Waals surface area contributed by atoms with Gasteiger partial charge in [0.15, 0.2) is 0 Å². The minimum absolute atomic E-state index is 0.283. The highest BCUT2D eigenvalue weighted by molar-refractivity contribution is 5.99. The highest BCUT2D eigenvalue weighted by atomic mass is 19.1. The van der Waals surface area contributed by atoms with Crippen LogP contribution in [0.25, 0.3) is 55.8 Å². The molecule has 6 nitrogen and oxygen atoms in total. The molecular formula is C24H15FN6. The predicted octanol–water partition coefficient (Wildman–Crippen LogP) is 5.37. The summed E-state index contributed by atoms with van der Waals surface area (Å²) in [5.74, 6) is -0.283. The number of hydrogen-bond acceptors (Lipinski definition) is 4. The number of pyridine rings is 3. The second-order valence-electron chi connectivity index (χ2n) is 7.22. The fourth-order valence-electron chi connectivity index (χ4n) is 3.81. The number of H-pyrrole nitrogens is 2. The van der Waals surface area contributed by atoms with Crippen molar-refractivity contribution >= 4 is 21.9 Å². The van der Waals surface area contributed by atoms with Crippen molar-refractivity contribution < 1.29 is 4.39 Å². The van der Waals surface area contributed by atoms with E-state index >= 15 is 0 Å². The Balaban J connectivity index is 1.52. The van der Waals surface area contributed by atoms with E-state index in [1.54, 1.807) is 24.7 Å². The Hall–Kier alpha value is -4.39. The summed E-state index contributed by atoms with van der Waals surface area (Å²) in [6, 6.07) is 18.1. The van der Waals surface area contributed by atoms with Crippen LogP contribution in [-0.2, 0) is 0 Å². The average Bonchev–Trinajstić information content (AvgIpc) is 3.43. The maximum absolute atomic E-state index is 13.8. The van der Waals surface area contributed by atoms with Gasteiger partial charge in [-0.1, -0.05) is 18.2 Å². The van der Waals surface area contributed by atoms with Gasteiger partial charge in [-0.15, -0.1) is 0 Å². The molecule has 6 rings (SSSR count). The number of aromatic nitrogens is 6. The third-order valence-electron chi connectivity index (χ3n) is 5.27. The summed E-state index contributed by atoms with van der Waals surface area (Å²) in [6.45, 7) is 0. The summed E-state index contributed by atoms with van der Waals surface area (Å²) in [5.41, 5.74) is 7.11. The van der Waals surface area contributed by atoms with Gasteiger partial charge in [-0.25, -0.2) is 9.37 Å². The minimum atomic E-state index is -0.283. The lowest BCUT2D eigenvalue weighted by atomic mass is 10.0. The van der Waals surface area contributed by atoms with Crippen molar-refractivity contribution in [3.05, 3.63) is 85.1 Å². The molecular weight excluding hydrogens is 391 g/mol. The molecule has 0 aliphatic heterocycles. The highest BCUT2D eigenvalue weighted by Crippen LogP contribution is 2.33. The van der Waals surface area contributed by atoms with Crippen molar-refractivity contribution in [3.8, 4) is 33.9 Å². The number of aromatic amines is 2. The lowest BCUT2D eigenvalue weighted by Gasteiger charge is -2.02. The van der Waals surface area contributed by atoms with Crippen LogP contribution in [0.5, 0.6) is 0 Å². The van der Waals surface area contributed by atoms with Gasteiger partial charge in [0.1, 0.15) is 17.0 Å². The summed E-state index contributed by atoms with van der Waals surface area (Å²) in [7, 11) is 0. The number of nitrogens with one attached hydrogen (secondary N) is 2. The fraction of sp³-hybridized carbons (Fsp3) is 0. The third kappa shape index (κ3) is 2.95. The molecule has 0 saturated carbocycles. The first-order chi connectivity index (χ1) is 15.3. The lowest BCUT2D eigenvalue weighted by Crippen LogP contribution is -1.87. The van der Waals surface area contributed by atoms with Crippen LogP contribution in [0.1, 0.15) is 0 Å². The van der Waals surface area contributed by atoms with E-state index in [0.717, 1.165) is 50.1 Å². The van der Waals surface area contributed by atoms with E-state index in [0.29, 0.717) is 5.69 Å². The quantitative estimate of drug-likeness (QED) is 0.414. The standard InChI is InChI=1S/C24H15FN6/c25-15-5-3-4-14(10-15)17-12-26-13-22-16(17)11-21(28-22)24-23-20(30-31-24)8-7-19(29-23)18-6-1-2-9-27-18/h1-13,28H,(H,30,31). The van der Waals surface area contributed by atoms with E-state index in [1.165, 1.54) is 12.1 Å². The van der Waals surface area contributed by atoms with Gasteiger partial charge in [0.05, 0.1) is 34.3 Å². The van der Waals surface area contributed by atoms with Crippen molar-refractivity contribution in [2.24, 2.45) is 0 Å². The largest absolute Gasteiger partial charge is 0.352 e. The third-order valence-corrected chi connectivity index (χ3v) is 5.27.